The van der Waals surface area contributed by atoms with Crippen LogP contribution < -0.4 is 16.0 Å². The Balaban J connectivity index is 1.86. The quantitative estimate of drug-likeness (QED) is 0.342. The van der Waals surface area contributed by atoms with Gasteiger partial charge in [-0.15, -0.1) is 6.42 Å². The fourth-order valence-corrected chi connectivity index (χ4v) is 2.49. The smallest absolute Gasteiger partial charge is 0.315 e. The first-order chi connectivity index (χ1) is 11.6. The molecule has 3 N–H and O–H groups in total. The largest absolute Gasteiger partial charge is 0.377 e. The highest BCUT2D eigenvalue weighted by Crippen LogP contribution is 2.11. The van der Waals surface area contributed by atoms with Gasteiger partial charge in [-0.2, -0.15) is 0 Å². The molecule has 2 atom stereocenters. The van der Waals surface area contributed by atoms with E-state index in [4.69, 9.17) is 15.9 Å². The lowest BCUT2D eigenvalue weighted by Crippen LogP contribution is -2.30. The first-order valence-electron chi connectivity index (χ1n) is 8.56. The maximum atomic E-state index is 11.7. The molecule has 7 heteroatoms. The van der Waals surface area contributed by atoms with Crippen molar-refractivity contribution in [2.45, 2.75) is 51.1 Å². The Morgan fingerprint density at radius 2 is 2.00 bits per heavy atom. The zero-order valence-corrected chi connectivity index (χ0v) is 14.4. The molecule has 0 aromatic rings. The molecular formula is C17H29N3O4. The van der Waals surface area contributed by atoms with Gasteiger partial charge in [-0.05, 0) is 19.8 Å². The average molecular weight is 339 g/mol. The van der Waals surface area contributed by atoms with Gasteiger partial charge in [0.1, 0.15) is 6.61 Å². The molecule has 0 unspecified atom stereocenters. The molecule has 1 rings (SSSR count). The van der Waals surface area contributed by atoms with E-state index in [-0.39, 0.29) is 24.0 Å². The SMILES string of the molecule is C#CCOCCOCCNC(=O)CCCCC[C@H]1NC(=O)N[C@H]1C. The fraction of sp³-hybridized carbons (Fsp3) is 0.765. The molecule has 0 spiro atoms. The van der Waals surface area contributed by atoms with Crippen LogP contribution in [0.3, 0.4) is 0 Å². The molecule has 1 aliphatic rings. The molecule has 0 bridgehead atoms. The van der Waals surface area contributed by atoms with Gasteiger partial charge in [-0.25, -0.2) is 4.79 Å². The van der Waals surface area contributed by atoms with E-state index in [1.807, 2.05) is 6.92 Å². The summed E-state index contributed by atoms with van der Waals surface area (Å²) in [6.45, 7) is 4.21. The van der Waals surface area contributed by atoms with Gasteiger partial charge in [0.05, 0.1) is 25.9 Å². The van der Waals surface area contributed by atoms with Crippen molar-refractivity contribution in [3.8, 4) is 12.3 Å². The monoisotopic (exact) mass is 339 g/mol. The number of nitrogens with one attached hydrogen (secondary N) is 3. The molecule has 1 saturated heterocycles. The van der Waals surface area contributed by atoms with Crippen molar-refractivity contribution in [2.75, 3.05) is 33.0 Å². The van der Waals surface area contributed by atoms with Gasteiger partial charge >= 0.3 is 6.03 Å². The predicted molar refractivity (Wildman–Crippen MR) is 91.5 cm³/mol. The van der Waals surface area contributed by atoms with Gasteiger partial charge in [-0.3, -0.25) is 4.79 Å². The van der Waals surface area contributed by atoms with E-state index in [2.05, 4.69) is 21.9 Å². The number of urea groups is 1. The molecule has 136 valence electrons. The van der Waals surface area contributed by atoms with Gasteiger partial charge in [0, 0.05) is 19.0 Å². The fourth-order valence-electron chi connectivity index (χ4n) is 2.49. The summed E-state index contributed by atoms with van der Waals surface area (Å²) < 4.78 is 10.4. The molecule has 24 heavy (non-hydrogen) atoms. The lowest BCUT2D eigenvalue weighted by atomic mass is 10.0. The molecule has 1 fully saturated rings. The molecule has 0 saturated carbocycles. The maximum Gasteiger partial charge on any atom is 0.315 e. The van der Waals surface area contributed by atoms with E-state index < -0.39 is 0 Å². The summed E-state index contributed by atoms with van der Waals surface area (Å²) in [5.74, 6) is 2.42. The Hall–Kier alpha value is -1.78. The number of hydrogen-bond donors (Lipinski definition) is 3. The highest BCUT2D eigenvalue weighted by Gasteiger charge is 2.26. The Morgan fingerprint density at radius 1 is 1.21 bits per heavy atom. The summed E-state index contributed by atoms with van der Waals surface area (Å²) in [4.78, 5) is 22.8. The van der Waals surface area contributed by atoms with Crippen LogP contribution in [0, 0.1) is 12.3 Å². The van der Waals surface area contributed by atoms with Gasteiger partial charge in [0.25, 0.3) is 0 Å². The molecule has 0 aliphatic carbocycles. The van der Waals surface area contributed by atoms with Gasteiger partial charge < -0.3 is 25.4 Å². The van der Waals surface area contributed by atoms with Crippen LogP contribution in [0.15, 0.2) is 0 Å². The molecule has 0 radical (unpaired) electrons. The minimum Gasteiger partial charge on any atom is -0.377 e. The third kappa shape index (κ3) is 9.38. The summed E-state index contributed by atoms with van der Waals surface area (Å²) in [6, 6.07) is 0.294. The van der Waals surface area contributed by atoms with Gasteiger partial charge in [0.15, 0.2) is 0 Å². The number of hydrogen-bond acceptors (Lipinski definition) is 4. The second-order valence-electron chi connectivity index (χ2n) is 5.83. The van der Waals surface area contributed by atoms with Crippen molar-refractivity contribution in [1.29, 1.82) is 0 Å². The van der Waals surface area contributed by atoms with E-state index in [0.29, 0.717) is 39.4 Å². The molecule has 3 amide bonds. The topological polar surface area (TPSA) is 88.7 Å². The van der Waals surface area contributed by atoms with Crippen molar-refractivity contribution in [3.05, 3.63) is 0 Å². The molecular weight excluding hydrogens is 310 g/mol. The number of rotatable bonds is 13. The average Bonchev–Trinajstić information content (AvgIpc) is 2.87. The van der Waals surface area contributed by atoms with E-state index in [9.17, 15) is 9.59 Å². The highest BCUT2D eigenvalue weighted by molar-refractivity contribution is 5.77. The van der Waals surface area contributed by atoms with Crippen LogP contribution in [0.4, 0.5) is 4.79 Å². The van der Waals surface area contributed by atoms with Crippen molar-refractivity contribution >= 4 is 11.9 Å². The highest BCUT2D eigenvalue weighted by atomic mass is 16.5. The molecule has 1 heterocycles. The summed E-state index contributed by atoms with van der Waals surface area (Å²) in [7, 11) is 0. The summed E-state index contributed by atoms with van der Waals surface area (Å²) >= 11 is 0. The van der Waals surface area contributed by atoms with E-state index >= 15 is 0 Å². The molecule has 7 nitrogen and oxygen atoms in total. The lowest BCUT2D eigenvalue weighted by Gasteiger charge is -2.13. The third-order valence-electron chi connectivity index (χ3n) is 3.82. The maximum absolute atomic E-state index is 11.7. The van der Waals surface area contributed by atoms with Crippen LogP contribution in [0.25, 0.3) is 0 Å². The number of unbranched alkanes of at least 4 members (excludes halogenated alkanes) is 2. The first kappa shape index (κ1) is 20.3. The summed E-state index contributed by atoms with van der Waals surface area (Å²) in [6.07, 6.45) is 9.35. The number of amides is 3. The van der Waals surface area contributed by atoms with Crippen molar-refractivity contribution in [2.24, 2.45) is 0 Å². The number of carbonyl (C=O) groups excluding carboxylic acids is 2. The van der Waals surface area contributed by atoms with E-state index in [0.717, 1.165) is 25.7 Å². The Kier molecular flexibility index (Phi) is 10.7. The molecule has 0 aromatic heterocycles. The number of ether oxygens (including phenoxy) is 2. The van der Waals surface area contributed by atoms with Crippen LogP contribution in [-0.4, -0.2) is 57.0 Å². The predicted octanol–water partition coefficient (Wildman–Crippen LogP) is 0.789. The standard InChI is InChI=1S/C17H29N3O4/c1-3-10-23-12-13-24-11-9-18-16(21)8-6-4-5-7-15-14(2)19-17(22)20-15/h1,14-15H,4-13H2,2H3,(H,18,21)(H2,19,20,22)/t14-,15+/m0/s1. The minimum atomic E-state index is -0.0864. The van der Waals surface area contributed by atoms with Crippen LogP contribution in [-0.2, 0) is 14.3 Å². The Labute approximate surface area is 144 Å². The first-order valence-corrected chi connectivity index (χ1v) is 8.56. The van der Waals surface area contributed by atoms with Crippen molar-refractivity contribution in [1.82, 2.24) is 16.0 Å². The Morgan fingerprint density at radius 3 is 2.71 bits per heavy atom. The van der Waals surface area contributed by atoms with Crippen molar-refractivity contribution < 1.29 is 19.1 Å². The second-order valence-corrected chi connectivity index (χ2v) is 5.83. The van der Waals surface area contributed by atoms with Crippen molar-refractivity contribution in [3.63, 3.8) is 0 Å². The van der Waals surface area contributed by atoms with Gasteiger partial charge in [0.2, 0.25) is 5.91 Å². The van der Waals surface area contributed by atoms with E-state index in [1.54, 1.807) is 0 Å². The normalized spacial score (nSPS) is 19.4. The zero-order valence-electron chi connectivity index (χ0n) is 14.4. The molecule has 0 aromatic carbocycles. The second kappa shape index (κ2) is 12.6. The minimum absolute atomic E-state index is 0.0476. The van der Waals surface area contributed by atoms with Crippen LogP contribution >= 0.6 is 0 Å². The number of terminal acetylenes is 1. The van der Waals surface area contributed by atoms with Crippen LogP contribution in [0.1, 0.15) is 39.0 Å². The van der Waals surface area contributed by atoms with E-state index in [1.165, 1.54) is 0 Å². The van der Waals surface area contributed by atoms with Crippen LogP contribution in [0.2, 0.25) is 0 Å². The Bertz CT molecular complexity index is 423. The third-order valence-corrected chi connectivity index (χ3v) is 3.82. The number of carbonyl (C=O) groups is 2. The molecule has 1 aliphatic heterocycles. The summed E-state index contributed by atoms with van der Waals surface area (Å²) in [5, 5.41) is 8.55. The van der Waals surface area contributed by atoms with Crippen LogP contribution in [0.5, 0.6) is 0 Å². The summed E-state index contributed by atoms with van der Waals surface area (Å²) in [5.41, 5.74) is 0. The van der Waals surface area contributed by atoms with Gasteiger partial charge in [-0.1, -0.05) is 18.8 Å². The zero-order chi connectivity index (χ0) is 17.6. The lowest BCUT2D eigenvalue weighted by molar-refractivity contribution is -0.121.